The summed E-state index contributed by atoms with van der Waals surface area (Å²) in [5.74, 6) is -0.284. The molecule has 0 fully saturated rings. The van der Waals surface area contributed by atoms with Gasteiger partial charge in [-0.3, -0.25) is 4.98 Å². The number of nitrogens with zero attached hydrogens (tertiary/aromatic N) is 3. The molecule has 2 heterocycles. The minimum atomic E-state index is -0.284. The second-order valence-corrected chi connectivity index (χ2v) is 3.88. The normalized spacial score (nSPS) is 11.0. The van der Waals surface area contributed by atoms with Crippen molar-refractivity contribution >= 4 is 10.9 Å². The summed E-state index contributed by atoms with van der Waals surface area (Å²) in [7, 11) is 0. The lowest BCUT2D eigenvalue weighted by molar-refractivity contribution is 0.278. The van der Waals surface area contributed by atoms with Crippen molar-refractivity contribution in [3.05, 3.63) is 54.2 Å². The van der Waals surface area contributed by atoms with Gasteiger partial charge in [0.15, 0.2) is 0 Å². The number of benzene rings is 1. The number of pyridine rings is 1. The molecule has 0 unspecified atom stereocenters. The van der Waals surface area contributed by atoms with E-state index in [-0.39, 0.29) is 12.4 Å². The van der Waals surface area contributed by atoms with Crippen LogP contribution in [0.4, 0.5) is 4.39 Å². The van der Waals surface area contributed by atoms with Crippen molar-refractivity contribution in [3.8, 4) is 5.69 Å². The molecule has 0 saturated heterocycles. The lowest BCUT2D eigenvalue weighted by Crippen LogP contribution is -1.96. The van der Waals surface area contributed by atoms with Gasteiger partial charge >= 0.3 is 0 Å². The van der Waals surface area contributed by atoms with Crippen molar-refractivity contribution in [2.75, 3.05) is 0 Å². The van der Waals surface area contributed by atoms with Crippen molar-refractivity contribution in [2.45, 2.75) is 6.61 Å². The maximum atomic E-state index is 12.9. The second kappa shape index (κ2) is 4.19. The van der Waals surface area contributed by atoms with Gasteiger partial charge in [-0.15, -0.1) is 0 Å². The molecule has 4 nitrogen and oxygen atoms in total. The maximum Gasteiger partial charge on any atom is 0.123 e. The summed E-state index contributed by atoms with van der Waals surface area (Å²) in [4.78, 5) is 4.08. The quantitative estimate of drug-likeness (QED) is 0.749. The molecule has 5 heteroatoms. The highest BCUT2D eigenvalue weighted by atomic mass is 19.1. The summed E-state index contributed by atoms with van der Waals surface area (Å²) >= 11 is 0. The van der Waals surface area contributed by atoms with Crippen LogP contribution in [0.1, 0.15) is 5.69 Å². The minimum absolute atomic E-state index is 0.132. The van der Waals surface area contributed by atoms with Crippen LogP contribution in [0.15, 0.2) is 42.7 Å². The highest BCUT2D eigenvalue weighted by Crippen LogP contribution is 2.20. The van der Waals surface area contributed by atoms with E-state index < -0.39 is 0 Å². The Balaban J connectivity index is 2.21. The number of hydrogen-bond donors (Lipinski definition) is 1. The lowest BCUT2D eigenvalue weighted by atomic mass is 10.2. The van der Waals surface area contributed by atoms with Crippen LogP contribution in [0, 0.1) is 5.82 Å². The molecule has 2 aromatic heterocycles. The number of rotatable bonds is 2. The summed E-state index contributed by atoms with van der Waals surface area (Å²) in [5, 5.41) is 14.2. The van der Waals surface area contributed by atoms with Crippen LogP contribution in [0.2, 0.25) is 0 Å². The SMILES string of the molecule is OCc1nccc2c1cnn2-c1ccc(F)cc1. The first-order chi connectivity index (χ1) is 8.79. The van der Waals surface area contributed by atoms with Crippen molar-refractivity contribution in [1.29, 1.82) is 0 Å². The first-order valence-corrected chi connectivity index (χ1v) is 5.48. The Morgan fingerprint density at radius 1 is 1.17 bits per heavy atom. The number of aliphatic hydroxyl groups is 1. The van der Waals surface area contributed by atoms with E-state index in [1.54, 1.807) is 29.2 Å². The van der Waals surface area contributed by atoms with Crippen molar-refractivity contribution in [2.24, 2.45) is 0 Å². The third kappa shape index (κ3) is 1.65. The Bertz CT molecular complexity index is 691. The smallest absolute Gasteiger partial charge is 0.123 e. The van der Waals surface area contributed by atoms with Gasteiger partial charge in [0.2, 0.25) is 0 Å². The Morgan fingerprint density at radius 2 is 1.94 bits per heavy atom. The van der Waals surface area contributed by atoms with Crippen LogP contribution in [0.3, 0.4) is 0 Å². The molecule has 0 spiro atoms. The molecule has 1 N–H and O–H groups in total. The van der Waals surface area contributed by atoms with Crippen LogP contribution in [0.25, 0.3) is 16.6 Å². The predicted molar refractivity (Wildman–Crippen MR) is 64.7 cm³/mol. The van der Waals surface area contributed by atoms with Crippen molar-refractivity contribution < 1.29 is 9.50 Å². The standard InChI is InChI=1S/C13H10FN3O/c14-9-1-3-10(4-2-9)17-13-5-6-15-12(8-18)11(13)7-16-17/h1-7,18H,8H2. The third-order valence-electron chi connectivity index (χ3n) is 2.80. The minimum Gasteiger partial charge on any atom is -0.390 e. The fraction of sp³-hybridized carbons (Fsp3) is 0.0769. The van der Waals surface area contributed by atoms with Gasteiger partial charge in [0.05, 0.1) is 29.7 Å². The molecule has 3 rings (SSSR count). The van der Waals surface area contributed by atoms with E-state index in [0.717, 1.165) is 16.6 Å². The Labute approximate surface area is 102 Å². The average molecular weight is 243 g/mol. The summed E-state index contributed by atoms with van der Waals surface area (Å²) in [6.07, 6.45) is 3.27. The zero-order valence-corrected chi connectivity index (χ0v) is 9.42. The van der Waals surface area contributed by atoms with Crippen LogP contribution in [-0.2, 0) is 6.61 Å². The Kier molecular flexibility index (Phi) is 2.53. The average Bonchev–Trinajstić information content (AvgIpc) is 2.83. The molecule has 0 aliphatic heterocycles. The van der Waals surface area contributed by atoms with E-state index in [4.69, 9.17) is 0 Å². The number of fused-ring (bicyclic) bond motifs is 1. The van der Waals surface area contributed by atoms with Gasteiger partial charge in [-0.05, 0) is 30.3 Å². The zero-order chi connectivity index (χ0) is 12.5. The van der Waals surface area contributed by atoms with Crippen molar-refractivity contribution in [3.63, 3.8) is 0 Å². The topological polar surface area (TPSA) is 50.9 Å². The van der Waals surface area contributed by atoms with E-state index in [1.807, 2.05) is 6.07 Å². The maximum absolute atomic E-state index is 12.9. The summed E-state index contributed by atoms with van der Waals surface area (Å²) < 4.78 is 14.6. The lowest BCUT2D eigenvalue weighted by Gasteiger charge is -2.03. The first-order valence-electron chi connectivity index (χ1n) is 5.48. The highest BCUT2D eigenvalue weighted by Gasteiger charge is 2.08. The molecule has 18 heavy (non-hydrogen) atoms. The molecule has 90 valence electrons. The van der Waals surface area contributed by atoms with E-state index in [0.29, 0.717) is 5.69 Å². The number of aliphatic hydroxyl groups excluding tert-OH is 1. The van der Waals surface area contributed by atoms with E-state index in [9.17, 15) is 9.50 Å². The summed E-state index contributed by atoms with van der Waals surface area (Å²) in [5.41, 5.74) is 2.18. The monoisotopic (exact) mass is 243 g/mol. The third-order valence-corrected chi connectivity index (χ3v) is 2.80. The van der Waals surface area contributed by atoms with Crippen LogP contribution >= 0.6 is 0 Å². The van der Waals surface area contributed by atoms with Crippen molar-refractivity contribution in [1.82, 2.24) is 14.8 Å². The molecule has 1 aromatic carbocycles. The van der Waals surface area contributed by atoms with Gasteiger partial charge in [0.1, 0.15) is 5.82 Å². The van der Waals surface area contributed by atoms with Gasteiger partial charge in [0.25, 0.3) is 0 Å². The van der Waals surface area contributed by atoms with Gasteiger partial charge in [-0.25, -0.2) is 9.07 Å². The number of aromatic nitrogens is 3. The van der Waals surface area contributed by atoms with Gasteiger partial charge in [0, 0.05) is 11.6 Å². The van der Waals surface area contributed by atoms with E-state index in [1.165, 1.54) is 12.1 Å². The largest absolute Gasteiger partial charge is 0.390 e. The summed E-state index contributed by atoms with van der Waals surface area (Å²) in [6, 6.07) is 7.89. The van der Waals surface area contributed by atoms with Crippen LogP contribution in [0.5, 0.6) is 0 Å². The zero-order valence-electron chi connectivity index (χ0n) is 9.42. The predicted octanol–water partition coefficient (Wildman–Crippen LogP) is 2.05. The molecular formula is C13H10FN3O. The van der Waals surface area contributed by atoms with Gasteiger partial charge in [-0.1, -0.05) is 0 Å². The molecule has 0 radical (unpaired) electrons. The molecule has 0 saturated carbocycles. The molecule has 0 aliphatic carbocycles. The number of hydrogen-bond acceptors (Lipinski definition) is 3. The number of halogens is 1. The molecule has 0 bridgehead atoms. The fourth-order valence-electron chi connectivity index (χ4n) is 1.92. The highest BCUT2D eigenvalue weighted by molar-refractivity contribution is 5.82. The molecule has 0 aliphatic rings. The van der Waals surface area contributed by atoms with Gasteiger partial charge < -0.3 is 5.11 Å². The molecular weight excluding hydrogens is 233 g/mol. The van der Waals surface area contributed by atoms with E-state index >= 15 is 0 Å². The fourth-order valence-corrected chi connectivity index (χ4v) is 1.92. The molecule has 0 amide bonds. The molecule has 0 atom stereocenters. The van der Waals surface area contributed by atoms with E-state index in [2.05, 4.69) is 10.1 Å². The Hall–Kier alpha value is -2.27. The van der Waals surface area contributed by atoms with Crippen LogP contribution in [-0.4, -0.2) is 19.9 Å². The van der Waals surface area contributed by atoms with Crippen LogP contribution < -0.4 is 0 Å². The first kappa shape index (κ1) is 10.9. The Morgan fingerprint density at radius 3 is 2.67 bits per heavy atom. The molecule has 3 aromatic rings. The second-order valence-electron chi connectivity index (χ2n) is 3.88. The van der Waals surface area contributed by atoms with Gasteiger partial charge in [-0.2, -0.15) is 5.10 Å². The summed E-state index contributed by atoms with van der Waals surface area (Å²) in [6.45, 7) is -0.132.